The maximum atomic E-state index is 13.5. The van der Waals surface area contributed by atoms with Gasteiger partial charge in [-0.25, -0.2) is 9.67 Å². The molecular weight excluding hydrogens is 362 g/mol. The van der Waals surface area contributed by atoms with E-state index in [1.807, 2.05) is 27.8 Å². The Bertz CT molecular complexity index is 1030. The first-order valence-corrected chi connectivity index (χ1v) is 10.4. The van der Waals surface area contributed by atoms with Crippen LogP contribution in [-0.4, -0.2) is 45.2 Å². The molecule has 0 unspecified atom stereocenters. The highest BCUT2D eigenvalue weighted by Crippen LogP contribution is 2.29. The van der Waals surface area contributed by atoms with E-state index in [1.165, 1.54) is 0 Å². The van der Waals surface area contributed by atoms with Crippen molar-refractivity contribution in [2.75, 3.05) is 19.6 Å². The number of likely N-dealkylation sites (tertiary alicyclic amines) is 1. The minimum Gasteiger partial charge on any atom is -0.339 e. The third kappa shape index (κ3) is 3.65. The average molecular weight is 392 g/mol. The number of piperidine rings is 1. The molecule has 4 rings (SSSR count). The number of hydrogen-bond acceptors (Lipinski definition) is 4. The molecule has 6 heteroatoms. The van der Waals surface area contributed by atoms with Gasteiger partial charge in [0.2, 0.25) is 0 Å². The van der Waals surface area contributed by atoms with E-state index in [-0.39, 0.29) is 11.9 Å². The van der Waals surface area contributed by atoms with Crippen molar-refractivity contribution >= 4 is 16.9 Å². The molecule has 29 heavy (non-hydrogen) atoms. The van der Waals surface area contributed by atoms with Crippen LogP contribution in [0.1, 0.15) is 48.7 Å². The minimum atomic E-state index is 0.0611. The number of carbonyl (C=O) groups is 1. The van der Waals surface area contributed by atoms with E-state index < -0.39 is 0 Å². The molecule has 0 bridgehead atoms. The molecule has 6 nitrogen and oxygen atoms in total. The summed E-state index contributed by atoms with van der Waals surface area (Å²) in [4.78, 5) is 20.4. The molecule has 0 saturated carbocycles. The maximum Gasteiger partial charge on any atom is 0.254 e. The molecule has 3 heterocycles. The first-order chi connectivity index (χ1) is 14.0. The van der Waals surface area contributed by atoms with Gasteiger partial charge in [-0.2, -0.15) is 5.10 Å². The standard InChI is InChI=1S/C23H29N5O/c1-15(2)28-22-20(14-25-28)19(23(29)27-10-8-17(13-24)9-11-27)12-21(26-22)18-7-5-4-6-16(18)3/h4-7,12,14-15,17H,8-11,13,24H2,1-3H3. The summed E-state index contributed by atoms with van der Waals surface area (Å²) in [6, 6.07) is 10.3. The second-order valence-electron chi connectivity index (χ2n) is 8.26. The van der Waals surface area contributed by atoms with Crippen LogP contribution in [0.2, 0.25) is 0 Å². The van der Waals surface area contributed by atoms with Gasteiger partial charge in [-0.05, 0) is 57.7 Å². The third-order valence-corrected chi connectivity index (χ3v) is 5.94. The minimum absolute atomic E-state index is 0.0611. The van der Waals surface area contributed by atoms with Crippen LogP contribution in [0, 0.1) is 12.8 Å². The van der Waals surface area contributed by atoms with Crippen LogP contribution in [0.25, 0.3) is 22.3 Å². The predicted octanol–water partition coefficient (Wildman–Crippen LogP) is 3.80. The van der Waals surface area contributed by atoms with Gasteiger partial charge in [0.1, 0.15) is 0 Å². The van der Waals surface area contributed by atoms with Gasteiger partial charge in [-0.15, -0.1) is 0 Å². The molecule has 1 fully saturated rings. The van der Waals surface area contributed by atoms with Crippen LogP contribution in [0.5, 0.6) is 0 Å². The number of amides is 1. The number of aryl methyl sites for hydroxylation is 1. The highest BCUT2D eigenvalue weighted by molar-refractivity contribution is 6.06. The number of fused-ring (bicyclic) bond motifs is 1. The molecule has 1 saturated heterocycles. The Morgan fingerprint density at radius 2 is 1.97 bits per heavy atom. The molecule has 0 aliphatic carbocycles. The van der Waals surface area contributed by atoms with Crippen LogP contribution >= 0.6 is 0 Å². The van der Waals surface area contributed by atoms with Crippen molar-refractivity contribution in [2.24, 2.45) is 11.7 Å². The number of carbonyl (C=O) groups excluding carboxylic acids is 1. The Morgan fingerprint density at radius 3 is 2.62 bits per heavy atom. The normalized spacial score (nSPS) is 15.4. The summed E-state index contributed by atoms with van der Waals surface area (Å²) in [5.41, 5.74) is 10.3. The lowest BCUT2D eigenvalue weighted by Gasteiger charge is -2.31. The number of rotatable bonds is 4. The molecule has 1 aliphatic rings. The molecule has 2 aromatic heterocycles. The lowest BCUT2D eigenvalue weighted by molar-refractivity contribution is 0.0695. The fourth-order valence-corrected chi connectivity index (χ4v) is 4.11. The van der Waals surface area contributed by atoms with E-state index in [4.69, 9.17) is 10.7 Å². The Kier molecular flexibility index (Phi) is 5.37. The SMILES string of the molecule is Cc1ccccc1-c1cc(C(=O)N2CCC(CN)CC2)c2cnn(C(C)C)c2n1. The molecule has 2 N–H and O–H groups in total. The molecule has 1 amide bonds. The fraction of sp³-hybridized carbons (Fsp3) is 0.435. The Hall–Kier alpha value is -2.73. The fourth-order valence-electron chi connectivity index (χ4n) is 4.11. The molecule has 152 valence electrons. The van der Waals surface area contributed by atoms with Crippen LogP contribution in [-0.2, 0) is 0 Å². The molecule has 0 radical (unpaired) electrons. The zero-order valence-corrected chi connectivity index (χ0v) is 17.4. The van der Waals surface area contributed by atoms with Gasteiger partial charge < -0.3 is 10.6 Å². The van der Waals surface area contributed by atoms with Crippen molar-refractivity contribution in [3.05, 3.63) is 47.7 Å². The summed E-state index contributed by atoms with van der Waals surface area (Å²) < 4.78 is 1.90. The summed E-state index contributed by atoms with van der Waals surface area (Å²) in [6.45, 7) is 8.42. The first-order valence-electron chi connectivity index (χ1n) is 10.4. The van der Waals surface area contributed by atoms with Crippen molar-refractivity contribution < 1.29 is 4.79 Å². The van der Waals surface area contributed by atoms with Gasteiger partial charge in [0.25, 0.3) is 5.91 Å². The zero-order chi connectivity index (χ0) is 20.5. The van der Waals surface area contributed by atoms with E-state index in [1.54, 1.807) is 6.20 Å². The monoisotopic (exact) mass is 391 g/mol. The number of benzene rings is 1. The number of pyridine rings is 1. The average Bonchev–Trinajstić information content (AvgIpc) is 3.17. The molecule has 3 aromatic rings. The van der Waals surface area contributed by atoms with Crippen molar-refractivity contribution in [1.29, 1.82) is 0 Å². The summed E-state index contributed by atoms with van der Waals surface area (Å²) in [7, 11) is 0. The second-order valence-corrected chi connectivity index (χ2v) is 8.26. The Morgan fingerprint density at radius 1 is 1.24 bits per heavy atom. The summed E-state index contributed by atoms with van der Waals surface area (Å²) in [5, 5.41) is 5.35. The van der Waals surface area contributed by atoms with Crippen molar-refractivity contribution in [3.8, 4) is 11.3 Å². The first kappa shape index (κ1) is 19.6. The van der Waals surface area contributed by atoms with E-state index in [2.05, 4.69) is 38.0 Å². The van der Waals surface area contributed by atoms with Gasteiger partial charge in [0.15, 0.2) is 5.65 Å². The van der Waals surface area contributed by atoms with E-state index in [0.717, 1.165) is 53.8 Å². The number of aromatic nitrogens is 3. The number of nitrogens with zero attached hydrogens (tertiary/aromatic N) is 4. The summed E-state index contributed by atoms with van der Waals surface area (Å²) in [6.07, 6.45) is 3.71. The quantitative estimate of drug-likeness (QED) is 0.734. The van der Waals surface area contributed by atoms with Crippen LogP contribution in [0.3, 0.4) is 0 Å². The lowest BCUT2D eigenvalue weighted by atomic mass is 9.96. The second kappa shape index (κ2) is 7.95. The molecular formula is C23H29N5O. The molecule has 1 aliphatic heterocycles. The van der Waals surface area contributed by atoms with Gasteiger partial charge in [0.05, 0.1) is 22.8 Å². The van der Waals surface area contributed by atoms with Crippen molar-refractivity contribution in [3.63, 3.8) is 0 Å². The molecule has 0 atom stereocenters. The third-order valence-electron chi connectivity index (χ3n) is 5.94. The molecule has 0 spiro atoms. The number of nitrogens with two attached hydrogens (primary N) is 1. The van der Waals surface area contributed by atoms with Gasteiger partial charge in [-0.3, -0.25) is 4.79 Å². The smallest absolute Gasteiger partial charge is 0.254 e. The topological polar surface area (TPSA) is 77.0 Å². The largest absolute Gasteiger partial charge is 0.339 e. The summed E-state index contributed by atoms with van der Waals surface area (Å²) >= 11 is 0. The highest BCUT2D eigenvalue weighted by Gasteiger charge is 2.26. The Balaban J connectivity index is 1.82. The van der Waals surface area contributed by atoms with Crippen molar-refractivity contribution in [2.45, 2.75) is 39.7 Å². The van der Waals surface area contributed by atoms with Crippen LogP contribution < -0.4 is 5.73 Å². The van der Waals surface area contributed by atoms with Crippen LogP contribution in [0.15, 0.2) is 36.5 Å². The van der Waals surface area contributed by atoms with Crippen LogP contribution in [0.4, 0.5) is 0 Å². The van der Waals surface area contributed by atoms with Crippen molar-refractivity contribution in [1.82, 2.24) is 19.7 Å². The predicted molar refractivity (Wildman–Crippen MR) is 116 cm³/mol. The Labute approximate surface area is 171 Å². The van der Waals surface area contributed by atoms with Gasteiger partial charge >= 0.3 is 0 Å². The van der Waals surface area contributed by atoms with E-state index in [0.29, 0.717) is 18.0 Å². The van der Waals surface area contributed by atoms with E-state index >= 15 is 0 Å². The van der Waals surface area contributed by atoms with E-state index in [9.17, 15) is 4.79 Å². The molecule has 1 aromatic carbocycles. The van der Waals surface area contributed by atoms with Gasteiger partial charge in [-0.1, -0.05) is 24.3 Å². The maximum absolute atomic E-state index is 13.5. The van der Waals surface area contributed by atoms with Gasteiger partial charge in [0, 0.05) is 24.7 Å². The lowest BCUT2D eigenvalue weighted by Crippen LogP contribution is -2.40. The summed E-state index contributed by atoms with van der Waals surface area (Å²) in [5.74, 6) is 0.578. The highest BCUT2D eigenvalue weighted by atomic mass is 16.2. The number of hydrogen-bond donors (Lipinski definition) is 1. The zero-order valence-electron chi connectivity index (χ0n) is 17.4.